The fourth-order valence-electron chi connectivity index (χ4n) is 4.37. The molecule has 1 amide bonds. The minimum absolute atomic E-state index is 0.155. The smallest absolute Gasteiger partial charge is 0.243 e. The molecule has 9 heteroatoms. The van der Waals surface area contributed by atoms with Crippen molar-refractivity contribution in [3.8, 4) is 5.75 Å². The summed E-state index contributed by atoms with van der Waals surface area (Å²) in [6.45, 7) is 5.18. The second-order valence-electron chi connectivity index (χ2n) is 8.46. The lowest BCUT2D eigenvalue weighted by Gasteiger charge is -2.23. The molecular weight excluding hydrogens is 452 g/mol. The number of carbonyl (C=O) groups excluding carboxylic acids is 1. The lowest BCUT2D eigenvalue weighted by atomic mass is 10.1. The van der Waals surface area contributed by atoms with Gasteiger partial charge < -0.3 is 10.1 Å². The van der Waals surface area contributed by atoms with Gasteiger partial charge in [-0.1, -0.05) is 30.3 Å². The number of methoxy groups -OCH3 is 1. The first kappa shape index (κ1) is 24.0. The van der Waals surface area contributed by atoms with Crippen molar-refractivity contribution in [2.75, 3.05) is 13.7 Å². The topological polar surface area (TPSA) is 93.5 Å². The van der Waals surface area contributed by atoms with Gasteiger partial charge in [-0.25, -0.2) is 8.42 Å². The summed E-state index contributed by atoms with van der Waals surface area (Å²) in [4.78, 5) is 13.2. The summed E-state index contributed by atoms with van der Waals surface area (Å²) in [5.74, 6) is 0.289. The van der Waals surface area contributed by atoms with Crippen LogP contribution in [0.5, 0.6) is 5.75 Å². The zero-order valence-electron chi connectivity index (χ0n) is 19.7. The minimum Gasteiger partial charge on any atom is -0.497 e. The summed E-state index contributed by atoms with van der Waals surface area (Å²) in [6, 6.07) is 15.6. The van der Waals surface area contributed by atoms with E-state index in [0.29, 0.717) is 38.2 Å². The van der Waals surface area contributed by atoms with E-state index in [1.165, 1.54) is 23.5 Å². The van der Waals surface area contributed by atoms with Crippen LogP contribution >= 0.6 is 0 Å². The summed E-state index contributed by atoms with van der Waals surface area (Å²) in [5.41, 5.74) is 3.93. The van der Waals surface area contributed by atoms with Crippen molar-refractivity contribution in [2.24, 2.45) is 0 Å². The first-order valence-electron chi connectivity index (χ1n) is 11.3. The Kier molecular flexibility index (Phi) is 7.04. The van der Waals surface area contributed by atoms with E-state index >= 15 is 0 Å². The molecule has 34 heavy (non-hydrogen) atoms. The van der Waals surface area contributed by atoms with Gasteiger partial charge in [-0.05, 0) is 56.5 Å². The number of benzene rings is 2. The van der Waals surface area contributed by atoms with Crippen molar-refractivity contribution in [1.82, 2.24) is 19.4 Å². The molecule has 1 aromatic heterocycles. The fraction of sp³-hybridized carbons (Fsp3) is 0.360. The van der Waals surface area contributed by atoms with Gasteiger partial charge in [-0.3, -0.25) is 9.48 Å². The number of ether oxygens (including phenoxy) is 1. The summed E-state index contributed by atoms with van der Waals surface area (Å²) in [6.07, 6.45) is 1.13. The molecule has 0 saturated carbocycles. The number of aryl methyl sites for hydroxylation is 1. The molecule has 0 bridgehead atoms. The highest BCUT2D eigenvalue weighted by Gasteiger charge is 2.39. The molecule has 8 nitrogen and oxygen atoms in total. The van der Waals surface area contributed by atoms with E-state index in [-0.39, 0.29) is 10.8 Å². The monoisotopic (exact) mass is 482 g/mol. The number of aromatic nitrogens is 2. The molecule has 2 aromatic carbocycles. The SMILES string of the molecule is COc1ccc(S(=O)(=O)N2CCC[C@@H]2C(=O)NCc2c(C)nn(Cc3ccccc3)c2C)cc1. The Balaban J connectivity index is 1.45. The Bertz CT molecular complexity index is 1250. The zero-order valence-corrected chi connectivity index (χ0v) is 20.5. The Morgan fingerprint density at radius 2 is 1.82 bits per heavy atom. The molecular formula is C25H30N4O4S. The standard InChI is InChI=1S/C25H30N4O4S/c1-18-23(19(2)28(27-18)17-20-8-5-4-6-9-20)16-26-25(30)24-10-7-15-29(24)34(31,32)22-13-11-21(33-3)12-14-22/h4-6,8-9,11-14,24H,7,10,15-17H2,1-3H3,(H,26,30)/t24-/m1/s1. The maximum atomic E-state index is 13.2. The van der Waals surface area contributed by atoms with Gasteiger partial charge in [-0.2, -0.15) is 9.40 Å². The van der Waals surface area contributed by atoms with Crippen molar-refractivity contribution in [2.45, 2.75) is 50.7 Å². The van der Waals surface area contributed by atoms with Crippen molar-refractivity contribution >= 4 is 15.9 Å². The minimum atomic E-state index is -3.79. The normalized spacial score (nSPS) is 16.5. The lowest BCUT2D eigenvalue weighted by molar-refractivity contribution is -0.124. The van der Waals surface area contributed by atoms with Gasteiger partial charge >= 0.3 is 0 Å². The zero-order chi connectivity index (χ0) is 24.3. The molecule has 2 heterocycles. The van der Waals surface area contributed by atoms with Crippen LogP contribution in [0.1, 0.15) is 35.4 Å². The summed E-state index contributed by atoms with van der Waals surface area (Å²) in [7, 11) is -2.26. The molecule has 1 N–H and O–H groups in total. The van der Waals surface area contributed by atoms with Gasteiger partial charge in [0.05, 0.1) is 24.2 Å². The van der Waals surface area contributed by atoms with Crippen LogP contribution in [0.4, 0.5) is 0 Å². The van der Waals surface area contributed by atoms with Gasteiger partial charge in [-0.15, -0.1) is 0 Å². The van der Waals surface area contributed by atoms with Crippen LogP contribution in [0.15, 0.2) is 59.5 Å². The fourth-order valence-corrected chi connectivity index (χ4v) is 6.02. The van der Waals surface area contributed by atoms with E-state index in [4.69, 9.17) is 4.74 Å². The molecule has 1 aliphatic rings. The van der Waals surface area contributed by atoms with E-state index in [1.54, 1.807) is 12.1 Å². The molecule has 180 valence electrons. The van der Waals surface area contributed by atoms with Crippen LogP contribution in [0, 0.1) is 13.8 Å². The number of hydrogen-bond donors (Lipinski definition) is 1. The third-order valence-electron chi connectivity index (χ3n) is 6.32. The van der Waals surface area contributed by atoms with Crippen LogP contribution in [0.3, 0.4) is 0 Å². The number of hydrogen-bond acceptors (Lipinski definition) is 5. The largest absolute Gasteiger partial charge is 0.497 e. The first-order chi connectivity index (χ1) is 16.3. The molecule has 0 spiro atoms. The van der Waals surface area contributed by atoms with Crippen molar-refractivity contribution in [3.63, 3.8) is 0 Å². The van der Waals surface area contributed by atoms with Gasteiger partial charge in [0.15, 0.2) is 0 Å². The van der Waals surface area contributed by atoms with Crippen LogP contribution in [0.2, 0.25) is 0 Å². The van der Waals surface area contributed by atoms with Gasteiger partial charge in [0.25, 0.3) is 0 Å². The Morgan fingerprint density at radius 3 is 2.50 bits per heavy atom. The van der Waals surface area contributed by atoms with E-state index in [2.05, 4.69) is 22.5 Å². The van der Waals surface area contributed by atoms with E-state index in [9.17, 15) is 13.2 Å². The molecule has 1 atom stereocenters. The second kappa shape index (κ2) is 9.99. The molecule has 3 aromatic rings. The predicted molar refractivity (Wildman–Crippen MR) is 129 cm³/mol. The molecule has 0 aliphatic carbocycles. The summed E-state index contributed by atoms with van der Waals surface area (Å²) in [5, 5.41) is 7.59. The van der Waals surface area contributed by atoms with E-state index < -0.39 is 16.1 Å². The highest BCUT2D eigenvalue weighted by molar-refractivity contribution is 7.89. The highest BCUT2D eigenvalue weighted by Crippen LogP contribution is 2.27. The summed E-state index contributed by atoms with van der Waals surface area (Å²) < 4.78 is 34.8. The number of amides is 1. The number of rotatable bonds is 8. The molecule has 1 saturated heterocycles. The van der Waals surface area contributed by atoms with Crippen molar-refractivity contribution in [1.29, 1.82) is 0 Å². The van der Waals surface area contributed by atoms with Crippen LogP contribution in [-0.4, -0.2) is 48.1 Å². The summed E-state index contributed by atoms with van der Waals surface area (Å²) >= 11 is 0. The lowest BCUT2D eigenvalue weighted by Crippen LogP contribution is -2.45. The van der Waals surface area contributed by atoms with Gasteiger partial charge in [0, 0.05) is 24.3 Å². The van der Waals surface area contributed by atoms with Crippen molar-refractivity contribution < 1.29 is 17.9 Å². The third-order valence-corrected chi connectivity index (χ3v) is 8.24. The highest BCUT2D eigenvalue weighted by atomic mass is 32.2. The van der Waals surface area contributed by atoms with Gasteiger partial charge in [0.2, 0.25) is 15.9 Å². The maximum Gasteiger partial charge on any atom is 0.243 e. The van der Waals surface area contributed by atoms with E-state index in [0.717, 1.165) is 22.5 Å². The third kappa shape index (κ3) is 4.85. The molecule has 0 radical (unpaired) electrons. The Hall–Kier alpha value is -3.17. The predicted octanol–water partition coefficient (Wildman–Crippen LogP) is 3.03. The van der Waals surface area contributed by atoms with Crippen molar-refractivity contribution in [3.05, 3.63) is 77.1 Å². The second-order valence-corrected chi connectivity index (χ2v) is 10.4. The Labute approximate surface area is 200 Å². The average Bonchev–Trinajstić information content (AvgIpc) is 3.44. The molecule has 0 unspecified atom stereocenters. The van der Waals surface area contributed by atoms with Gasteiger partial charge in [0.1, 0.15) is 11.8 Å². The number of carbonyl (C=O) groups is 1. The number of nitrogens with one attached hydrogen (secondary N) is 1. The van der Waals surface area contributed by atoms with Crippen LogP contribution < -0.4 is 10.1 Å². The molecule has 1 fully saturated rings. The van der Waals surface area contributed by atoms with E-state index in [1.807, 2.05) is 36.7 Å². The van der Waals surface area contributed by atoms with Crippen LogP contribution in [-0.2, 0) is 27.9 Å². The number of nitrogens with zero attached hydrogens (tertiary/aromatic N) is 3. The average molecular weight is 483 g/mol. The molecule has 1 aliphatic heterocycles. The quantitative estimate of drug-likeness (QED) is 0.533. The number of sulfonamides is 1. The first-order valence-corrected chi connectivity index (χ1v) is 12.8. The Morgan fingerprint density at radius 1 is 1.12 bits per heavy atom. The maximum absolute atomic E-state index is 13.2. The molecule has 4 rings (SSSR count). The van der Waals surface area contributed by atoms with Crippen LogP contribution in [0.25, 0.3) is 0 Å².